The lowest BCUT2D eigenvalue weighted by Gasteiger charge is -2.12. The maximum absolute atomic E-state index is 11.4. The highest BCUT2D eigenvalue weighted by atomic mass is 79.9. The molecule has 1 aromatic rings. The van der Waals surface area contributed by atoms with Crippen LogP contribution in [0.1, 0.15) is 30.4 Å². The van der Waals surface area contributed by atoms with Gasteiger partial charge >= 0.3 is 5.97 Å². The third-order valence-electron chi connectivity index (χ3n) is 2.05. The smallest absolute Gasteiger partial charge is 0.358 e. The number of methoxy groups -OCH3 is 1. The first-order chi connectivity index (χ1) is 7.60. The van der Waals surface area contributed by atoms with Gasteiger partial charge in [-0.1, -0.05) is 0 Å². The van der Waals surface area contributed by atoms with Crippen LogP contribution in [0.5, 0.6) is 0 Å². The zero-order valence-corrected chi connectivity index (χ0v) is 11.2. The average molecular weight is 291 g/mol. The Kier molecular flexibility index (Phi) is 4.95. The van der Waals surface area contributed by atoms with Crippen molar-refractivity contribution in [2.45, 2.75) is 19.9 Å². The second-order valence-electron chi connectivity index (χ2n) is 3.33. The number of halogens is 1. The van der Waals surface area contributed by atoms with Crippen molar-refractivity contribution in [2.24, 2.45) is 0 Å². The minimum absolute atomic E-state index is 0.107. The molecule has 0 amide bonds. The molecule has 0 fully saturated rings. The number of nitrogens with zero attached hydrogens (tertiary/aromatic N) is 2. The van der Waals surface area contributed by atoms with Gasteiger partial charge in [-0.05, 0) is 29.8 Å². The molecule has 1 aromatic heterocycles. The molecule has 1 atom stereocenters. The molecular formula is C10H15BrN2O3. The van der Waals surface area contributed by atoms with E-state index in [1.165, 1.54) is 0 Å². The van der Waals surface area contributed by atoms with Gasteiger partial charge in [0, 0.05) is 13.3 Å². The Bertz CT molecular complexity index is 365. The standard InChI is InChI=1S/C10H15BrN2O3/c1-4-16-9(14)8-5-13(10(11)12-8)7(2)6-15-3/h5,7H,4,6H2,1-3H3/t7-/m1/s1. The van der Waals surface area contributed by atoms with Gasteiger partial charge in [0.05, 0.1) is 19.3 Å². The van der Waals surface area contributed by atoms with E-state index in [4.69, 9.17) is 9.47 Å². The maximum atomic E-state index is 11.4. The van der Waals surface area contributed by atoms with E-state index in [1.807, 2.05) is 11.5 Å². The highest BCUT2D eigenvalue weighted by molar-refractivity contribution is 9.10. The fourth-order valence-electron chi connectivity index (χ4n) is 1.30. The summed E-state index contributed by atoms with van der Waals surface area (Å²) >= 11 is 3.30. The van der Waals surface area contributed by atoms with Crippen LogP contribution in [0.25, 0.3) is 0 Å². The molecule has 0 aliphatic heterocycles. The molecule has 0 spiro atoms. The van der Waals surface area contributed by atoms with E-state index in [-0.39, 0.29) is 6.04 Å². The molecule has 16 heavy (non-hydrogen) atoms. The van der Waals surface area contributed by atoms with E-state index in [9.17, 15) is 4.79 Å². The van der Waals surface area contributed by atoms with Gasteiger partial charge in [-0.25, -0.2) is 9.78 Å². The van der Waals surface area contributed by atoms with Crippen LogP contribution in [-0.4, -0.2) is 35.8 Å². The van der Waals surface area contributed by atoms with E-state index >= 15 is 0 Å². The fourth-order valence-corrected chi connectivity index (χ4v) is 1.95. The van der Waals surface area contributed by atoms with Crippen molar-refractivity contribution in [3.05, 3.63) is 16.6 Å². The van der Waals surface area contributed by atoms with Crippen LogP contribution in [0.3, 0.4) is 0 Å². The number of esters is 1. The Balaban J connectivity index is 2.84. The van der Waals surface area contributed by atoms with Crippen LogP contribution >= 0.6 is 15.9 Å². The number of rotatable bonds is 5. The molecule has 0 bridgehead atoms. The van der Waals surface area contributed by atoms with Crippen molar-refractivity contribution < 1.29 is 14.3 Å². The van der Waals surface area contributed by atoms with Crippen LogP contribution in [0.2, 0.25) is 0 Å². The van der Waals surface area contributed by atoms with Gasteiger partial charge in [0.25, 0.3) is 0 Å². The summed E-state index contributed by atoms with van der Waals surface area (Å²) in [4.78, 5) is 15.5. The first kappa shape index (κ1) is 13.2. The SMILES string of the molecule is CCOC(=O)c1cn([C@H](C)COC)c(Br)n1. The minimum Gasteiger partial charge on any atom is -0.461 e. The van der Waals surface area contributed by atoms with Crippen LogP contribution in [0.4, 0.5) is 0 Å². The Hall–Kier alpha value is -0.880. The molecule has 1 rings (SSSR count). The van der Waals surface area contributed by atoms with Gasteiger partial charge in [-0.15, -0.1) is 0 Å². The minimum atomic E-state index is -0.411. The third kappa shape index (κ3) is 3.05. The summed E-state index contributed by atoms with van der Waals surface area (Å²) in [6.45, 7) is 4.64. The fraction of sp³-hybridized carbons (Fsp3) is 0.600. The molecule has 0 radical (unpaired) electrons. The van der Waals surface area contributed by atoms with Crippen LogP contribution < -0.4 is 0 Å². The van der Waals surface area contributed by atoms with Gasteiger partial charge in [-0.2, -0.15) is 0 Å². The second kappa shape index (κ2) is 6.00. The number of carbonyl (C=O) groups excluding carboxylic acids is 1. The summed E-state index contributed by atoms with van der Waals surface area (Å²) in [5.41, 5.74) is 0.302. The monoisotopic (exact) mass is 290 g/mol. The van der Waals surface area contributed by atoms with Crippen LogP contribution in [0, 0.1) is 0 Å². The first-order valence-electron chi connectivity index (χ1n) is 5.00. The molecule has 0 N–H and O–H groups in total. The lowest BCUT2D eigenvalue weighted by Crippen LogP contribution is -2.10. The Morgan fingerprint density at radius 2 is 2.38 bits per heavy atom. The van der Waals surface area contributed by atoms with Gasteiger partial charge < -0.3 is 14.0 Å². The van der Waals surface area contributed by atoms with Crippen molar-refractivity contribution in [2.75, 3.05) is 20.3 Å². The quantitative estimate of drug-likeness (QED) is 0.779. The van der Waals surface area contributed by atoms with Crippen LogP contribution in [0.15, 0.2) is 10.9 Å². The topological polar surface area (TPSA) is 53.4 Å². The van der Waals surface area contributed by atoms with Crippen molar-refractivity contribution in [1.82, 2.24) is 9.55 Å². The summed E-state index contributed by atoms with van der Waals surface area (Å²) in [5, 5.41) is 0. The first-order valence-corrected chi connectivity index (χ1v) is 5.79. The van der Waals surface area contributed by atoms with Gasteiger partial charge in [0.2, 0.25) is 0 Å². The zero-order valence-electron chi connectivity index (χ0n) is 9.57. The van der Waals surface area contributed by atoms with E-state index < -0.39 is 5.97 Å². The molecular weight excluding hydrogens is 276 g/mol. The Morgan fingerprint density at radius 3 is 2.94 bits per heavy atom. The average Bonchev–Trinajstić information content (AvgIpc) is 2.61. The number of ether oxygens (including phenoxy) is 2. The van der Waals surface area contributed by atoms with Crippen molar-refractivity contribution in [3.63, 3.8) is 0 Å². The predicted molar refractivity (Wildman–Crippen MR) is 62.5 cm³/mol. The molecule has 0 aliphatic rings. The highest BCUT2D eigenvalue weighted by Gasteiger charge is 2.16. The summed E-state index contributed by atoms with van der Waals surface area (Å²) in [7, 11) is 1.63. The maximum Gasteiger partial charge on any atom is 0.358 e. The van der Waals surface area contributed by atoms with Crippen LogP contribution in [-0.2, 0) is 9.47 Å². The Morgan fingerprint density at radius 1 is 1.69 bits per heavy atom. The third-order valence-corrected chi connectivity index (χ3v) is 2.64. The van der Waals surface area contributed by atoms with Gasteiger partial charge in [-0.3, -0.25) is 0 Å². The van der Waals surface area contributed by atoms with E-state index in [2.05, 4.69) is 20.9 Å². The number of hydrogen-bond acceptors (Lipinski definition) is 4. The van der Waals surface area contributed by atoms with E-state index in [1.54, 1.807) is 20.2 Å². The van der Waals surface area contributed by atoms with Gasteiger partial charge in [0.1, 0.15) is 0 Å². The largest absolute Gasteiger partial charge is 0.461 e. The molecule has 90 valence electrons. The van der Waals surface area contributed by atoms with Crippen molar-refractivity contribution in [3.8, 4) is 0 Å². The summed E-state index contributed by atoms with van der Waals surface area (Å²) in [6, 6.07) is 0.107. The van der Waals surface area contributed by atoms with Crippen molar-refractivity contribution >= 4 is 21.9 Å². The number of imidazole rings is 1. The van der Waals surface area contributed by atoms with E-state index in [0.29, 0.717) is 23.6 Å². The lowest BCUT2D eigenvalue weighted by molar-refractivity contribution is 0.0519. The predicted octanol–water partition coefficient (Wildman–Crippen LogP) is 2.03. The second-order valence-corrected chi connectivity index (χ2v) is 4.04. The number of hydrogen-bond donors (Lipinski definition) is 0. The van der Waals surface area contributed by atoms with E-state index in [0.717, 1.165) is 0 Å². The normalized spacial score (nSPS) is 12.5. The Labute approximate surface area is 103 Å². The summed E-state index contributed by atoms with van der Waals surface area (Å²) in [5.74, 6) is -0.411. The molecule has 5 nitrogen and oxygen atoms in total. The molecule has 0 saturated carbocycles. The highest BCUT2D eigenvalue weighted by Crippen LogP contribution is 2.17. The van der Waals surface area contributed by atoms with Gasteiger partial charge in [0.15, 0.2) is 10.4 Å². The molecule has 0 aliphatic carbocycles. The number of carbonyl (C=O) groups is 1. The molecule has 1 heterocycles. The molecule has 0 aromatic carbocycles. The molecule has 0 saturated heterocycles. The summed E-state index contributed by atoms with van der Waals surface area (Å²) in [6.07, 6.45) is 1.66. The van der Waals surface area contributed by atoms with Crippen molar-refractivity contribution in [1.29, 1.82) is 0 Å². The zero-order chi connectivity index (χ0) is 12.1. The summed E-state index contributed by atoms with van der Waals surface area (Å²) < 4.78 is 12.3. The molecule has 6 heteroatoms. The molecule has 0 unspecified atom stereocenters. The number of aromatic nitrogens is 2. The lowest BCUT2D eigenvalue weighted by atomic mass is 10.3.